The molecule has 3 rings (SSSR count). The van der Waals surface area contributed by atoms with E-state index in [1.54, 1.807) is 4.90 Å². The van der Waals surface area contributed by atoms with Crippen molar-refractivity contribution in [3.8, 4) is 0 Å². The van der Waals surface area contributed by atoms with E-state index in [0.29, 0.717) is 51.3 Å². The van der Waals surface area contributed by atoms with Crippen LogP contribution in [0.25, 0.3) is 0 Å². The van der Waals surface area contributed by atoms with Crippen molar-refractivity contribution in [2.45, 2.75) is 24.7 Å². The van der Waals surface area contributed by atoms with Gasteiger partial charge in [-0.15, -0.1) is 0 Å². The third kappa shape index (κ3) is 4.26. The van der Waals surface area contributed by atoms with Crippen LogP contribution in [0.2, 0.25) is 0 Å². The first-order chi connectivity index (χ1) is 12.9. The summed E-state index contributed by atoms with van der Waals surface area (Å²) in [5.41, 5.74) is -0.653. The van der Waals surface area contributed by atoms with Gasteiger partial charge in [-0.25, -0.2) is 4.98 Å². The number of nitro groups is 2. The molecule has 148 valence electrons. The Morgan fingerprint density at radius 1 is 1.11 bits per heavy atom. The Balaban J connectivity index is 2.10. The van der Waals surface area contributed by atoms with E-state index in [1.165, 1.54) is 0 Å². The molecule has 2 saturated heterocycles. The van der Waals surface area contributed by atoms with Crippen molar-refractivity contribution in [1.29, 1.82) is 0 Å². The first-order valence-electron chi connectivity index (χ1n) is 8.80. The van der Waals surface area contributed by atoms with Crippen LogP contribution in [0.3, 0.4) is 0 Å². The lowest BCUT2D eigenvalue weighted by Gasteiger charge is -2.32. The van der Waals surface area contributed by atoms with Gasteiger partial charge in [0.2, 0.25) is 17.5 Å². The minimum absolute atomic E-state index is 0.119. The van der Waals surface area contributed by atoms with Crippen LogP contribution in [-0.4, -0.2) is 59.2 Å². The summed E-state index contributed by atoms with van der Waals surface area (Å²) in [5, 5.41) is 23.1. The number of aromatic nitrogens is 2. The lowest BCUT2D eigenvalue weighted by molar-refractivity contribution is -0.500. The van der Waals surface area contributed by atoms with Gasteiger partial charge in [0, 0.05) is 47.0 Å². The van der Waals surface area contributed by atoms with Gasteiger partial charge in [-0.3, -0.25) is 20.2 Å². The van der Waals surface area contributed by atoms with Gasteiger partial charge < -0.3 is 14.5 Å². The third-order valence-electron chi connectivity index (χ3n) is 4.85. The molecule has 0 saturated carbocycles. The van der Waals surface area contributed by atoms with Gasteiger partial charge in [0.25, 0.3) is 0 Å². The molecular weight excluding hydrogens is 424 g/mol. The smallest absolute Gasteiger partial charge is 0.341 e. The molecule has 2 aliphatic heterocycles. The fourth-order valence-corrected chi connectivity index (χ4v) is 3.55. The van der Waals surface area contributed by atoms with Gasteiger partial charge in [0.05, 0.1) is 18.1 Å². The number of ether oxygens (including phenoxy) is 1. The molecule has 3 heterocycles. The van der Waals surface area contributed by atoms with E-state index in [1.807, 2.05) is 4.90 Å². The Hall–Kier alpha value is -2.08. The van der Waals surface area contributed by atoms with E-state index in [4.69, 9.17) is 4.74 Å². The van der Waals surface area contributed by atoms with Crippen LogP contribution in [-0.2, 0) is 4.74 Å². The fraction of sp³-hybridized carbons (Fsp3) is 0.733. The molecule has 1 aromatic rings. The average molecular weight is 445 g/mol. The van der Waals surface area contributed by atoms with E-state index in [2.05, 4.69) is 32.8 Å². The van der Waals surface area contributed by atoms with Crippen LogP contribution in [0.4, 0.5) is 17.5 Å². The molecule has 1 unspecified atom stereocenters. The summed E-state index contributed by atoms with van der Waals surface area (Å²) in [7, 11) is 0. The number of hydrogen-bond acceptors (Lipinski definition) is 9. The van der Waals surface area contributed by atoms with Crippen molar-refractivity contribution < 1.29 is 14.6 Å². The standard InChI is InChI=1S/C15H21BrN6O5/c1-10-2-4-20(5-3-10)15-17-11(13(16)22(25)26)12(21(23)24)14(18-15)19-6-8-27-9-7-19/h10,13H,2-9H2,1H3. The molecule has 2 aliphatic rings. The fourth-order valence-electron chi connectivity index (χ4n) is 3.23. The molecule has 0 radical (unpaired) electrons. The Morgan fingerprint density at radius 3 is 2.30 bits per heavy atom. The van der Waals surface area contributed by atoms with Crippen LogP contribution in [0, 0.1) is 26.1 Å². The maximum absolute atomic E-state index is 11.8. The Kier molecular flexibility index (Phi) is 6.05. The molecule has 11 nitrogen and oxygen atoms in total. The predicted molar refractivity (Wildman–Crippen MR) is 101 cm³/mol. The molecule has 0 aliphatic carbocycles. The summed E-state index contributed by atoms with van der Waals surface area (Å²) in [5.74, 6) is 1.00. The van der Waals surface area contributed by atoms with Crippen LogP contribution >= 0.6 is 15.9 Å². The topological polar surface area (TPSA) is 128 Å². The first kappa shape index (κ1) is 19.7. The number of nitrogens with zero attached hydrogens (tertiary/aromatic N) is 6. The molecule has 1 atom stereocenters. The highest BCUT2D eigenvalue weighted by molar-refractivity contribution is 9.09. The molecule has 27 heavy (non-hydrogen) atoms. The van der Waals surface area contributed by atoms with Crippen molar-refractivity contribution in [2.24, 2.45) is 5.92 Å². The van der Waals surface area contributed by atoms with Crippen molar-refractivity contribution >= 4 is 33.4 Å². The first-order valence-corrected chi connectivity index (χ1v) is 9.71. The average Bonchev–Trinajstić information content (AvgIpc) is 2.67. The van der Waals surface area contributed by atoms with Crippen molar-refractivity contribution in [3.05, 3.63) is 25.9 Å². The van der Waals surface area contributed by atoms with Crippen molar-refractivity contribution in [1.82, 2.24) is 9.97 Å². The second-order valence-electron chi connectivity index (χ2n) is 6.73. The highest BCUT2D eigenvalue weighted by atomic mass is 79.9. The van der Waals surface area contributed by atoms with Crippen LogP contribution < -0.4 is 9.80 Å². The zero-order chi connectivity index (χ0) is 19.6. The van der Waals surface area contributed by atoms with E-state index < -0.39 is 20.5 Å². The van der Waals surface area contributed by atoms with E-state index >= 15 is 0 Å². The molecule has 0 spiro atoms. The number of rotatable bonds is 5. The minimum Gasteiger partial charge on any atom is -0.378 e. The maximum atomic E-state index is 11.8. The molecule has 1 aromatic heterocycles. The number of alkyl halides is 1. The summed E-state index contributed by atoms with van der Waals surface area (Å²) in [6.45, 7) is 5.29. The molecule has 0 N–H and O–H groups in total. The largest absolute Gasteiger partial charge is 0.378 e. The monoisotopic (exact) mass is 444 g/mol. The van der Waals surface area contributed by atoms with Crippen LogP contribution in [0.5, 0.6) is 0 Å². The lowest BCUT2D eigenvalue weighted by Crippen LogP contribution is -2.39. The van der Waals surface area contributed by atoms with E-state index in [9.17, 15) is 20.2 Å². The second kappa shape index (κ2) is 8.30. The quantitative estimate of drug-likeness (QED) is 0.290. The summed E-state index contributed by atoms with van der Waals surface area (Å²) in [6.07, 6.45) is 1.91. The van der Waals surface area contributed by atoms with Gasteiger partial charge in [-0.2, -0.15) is 4.98 Å². The highest BCUT2D eigenvalue weighted by Gasteiger charge is 2.38. The Bertz CT molecular complexity index is 721. The number of piperidine rings is 1. The number of halogens is 1. The number of hydrogen-bond donors (Lipinski definition) is 0. The lowest BCUT2D eigenvalue weighted by atomic mass is 10.00. The zero-order valence-electron chi connectivity index (χ0n) is 14.9. The molecular formula is C15H21BrN6O5. The normalized spacial score (nSPS) is 19.8. The summed E-state index contributed by atoms with van der Waals surface area (Å²) in [4.78, 5) is 32.7. The van der Waals surface area contributed by atoms with Gasteiger partial charge >= 0.3 is 10.6 Å². The van der Waals surface area contributed by atoms with E-state index in [-0.39, 0.29) is 11.5 Å². The van der Waals surface area contributed by atoms with Crippen molar-refractivity contribution in [2.75, 3.05) is 49.2 Å². The third-order valence-corrected chi connectivity index (χ3v) is 5.62. The zero-order valence-corrected chi connectivity index (χ0v) is 16.5. The summed E-state index contributed by atoms with van der Waals surface area (Å²) in [6, 6.07) is 0. The summed E-state index contributed by atoms with van der Waals surface area (Å²) < 4.78 is 5.31. The van der Waals surface area contributed by atoms with Gasteiger partial charge in [-0.05, 0) is 18.8 Å². The van der Waals surface area contributed by atoms with Crippen molar-refractivity contribution in [3.63, 3.8) is 0 Å². The summed E-state index contributed by atoms with van der Waals surface area (Å²) >= 11 is 2.94. The number of morpholine rings is 1. The second-order valence-corrected chi connectivity index (χ2v) is 7.60. The molecule has 2 fully saturated rings. The Morgan fingerprint density at radius 2 is 1.74 bits per heavy atom. The van der Waals surface area contributed by atoms with Gasteiger partial charge in [0.15, 0.2) is 0 Å². The van der Waals surface area contributed by atoms with E-state index in [0.717, 1.165) is 12.8 Å². The SMILES string of the molecule is CC1CCN(c2nc(C(Br)[N+](=O)[O-])c([N+](=O)[O-])c(N3CCOCC3)n2)CC1. The Labute approximate surface area is 164 Å². The maximum Gasteiger partial charge on any atom is 0.341 e. The minimum atomic E-state index is -1.48. The molecule has 0 aromatic carbocycles. The van der Waals surface area contributed by atoms with Gasteiger partial charge in [-0.1, -0.05) is 6.92 Å². The predicted octanol–water partition coefficient (Wildman–Crippen LogP) is 2.13. The highest BCUT2D eigenvalue weighted by Crippen LogP contribution is 2.38. The molecule has 0 bridgehead atoms. The van der Waals surface area contributed by atoms with Crippen LogP contribution in [0.15, 0.2) is 0 Å². The van der Waals surface area contributed by atoms with Crippen LogP contribution in [0.1, 0.15) is 30.4 Å². The molecule has 0 amide bonds. The molecule has 12 heteroatoms. The number of anilines is 2. The van der Waals surface area contributed by atoms with Gasteiger partial charge in [0.1, 0.15) is 0 Å².